The zero-order chi connectivity index (χ0) is 13.4. The van der Waals surface area contributed by atoms with Gasteiger partial charge in [0.05, 0.1) is 12.7 Å². The number of nitrogen functional groups attached to an aromatic ring is 1. The molecule has 100 valence electrons. The Bertz CT molecular complexity index is 393. The van der Waals surface area contributed by atoms with Crippen molar-refractivity contribution in [3.63, 3.8) is 0 Å². The maximum atomic E-state index is 11.7. The molecule has 2 N–H and O–H groups in total. The third kappa shape index (κ3) is 4.26. The van der Waals surface area contributed by atoms with Crippen LogP contribution in [0.1, 0.15) is 42.1 Å². The van der Waals surface area contributed by atoms with Crippen molar-refractivity contribution < 1.29 is 9.53 Å². The van der Waals surface area contributed by atoms with Gasteiger partial charge >= 0.3 is 5.97 Å². The number of esters is 1. The van der Waals surface area contributed by atoms with Crippen molar-refractivity contribution in [3.8, 4) is 0 Å². The van der Waals surface area contributed by atoms with Crippen LogP contribution in [0.3, 0.4) is 0 Å². The fourth-order valence-corrected chi connectivity index (χ4v) is 2.74. The molecule has 0 atom stereocenters. The molecule has 0 fully saturated rings. The molecular weight excluding hydrogens is 246 g/mol. The number of hydrogen-bond donors (Lipinski definition) is 1. The van der Waals surface area contributed by atoms with Crippen LogP contribution < -0.4 is 5.73 Å². The highest BCUT2D eigenvalue weighted by Crippen LogP contribution is 2.23. The van der Waals surface area contributed by atoms with Crippen molar-refractivity contribution in [3.05, 3.63) is 29.3 Å². The number of rotatable bonds is 7. The van der Waals surface area contributed by atoms with E-state index in [0.717, 1.165) is 17.1 Å². The Kier molecular flexibility index (Phi) is 6.65. The van der Waals surface area contributed by atoms with Crippen LogP contribution in [0, 0.1) is 0 Å². The molecule has 0 aliphatic rings. The Balaban J connectivity index is 2.64. The Hall–Kier alpha value is -1.16. The van der Waals surface area contributed by atoms with Gasteiger partial charge in [0.25, 0.3) is 0 Å². The van der Waals surface area contributed by atoms with Crippen LogP contribution in [-0.4, -0.2) is 18.8 Å². The van der Waals surface area contributed by atoms with Crippen molar-refractivity contribution in [2.24, 2.45) is 0 Å². The van der Waals surface area contributed by atoms with E-state index in [4.69, 9.17) is 10.5 Å². The van der Waals surface area contributed by atoms with Gasteiger partial charge in [-0.25, -0.2) is 4.79 Å². The molecule has 0 aliphatic heterocycles. The molecule has 0 saturated heterocycles. The minimum absolute atomic E-state index is 0.350. The van der Waals surface area contributed by atoms with E-state index in [1.54, 1.807) is 6.07 Å². The number of methoxy groups -OCH3 is 1. The molecule has 0 saturated carbocycles. The standard InChI is InChI=1S/C14H21NO2S/c1-3-4-5-9-18-10-11-7-6-8-12(15)13(11)14(16)17-2/h6-8H,3-5,9-10,15H2,1-2H3. The summed E-state index contributed by atoms with van der Waals surface area (Å²) in [5, 5.41) is 0. The van der Waals surface area contributed by atoms with E-state index in [1.807, 2.05) is 23.9 Å². The largest absolute Gasteiger partial charge is 0.465 e. The van der Waals surface area contributed by atoms with Crippen LogP contribution in [0.2, 0.25) is 0 Å². The predicted octanol–water partition coefficient (Wildman–Crippen LogP) is 3.48. The second kappa shape index (κ2) is 8.03. The fourth-order valence-electron chi connectivity index (χ4n) is 1.73. The van der Waals surface area contributed by atoms with E-state index >= 15 is 0 Å². The molecule has 0 aromatic heterocycles. The van der Waals surface area contributed by atoms with E-state index in [1.165, 1.54) is 26.4 Å². The summed E-state index contributed by atoms with van der Waals surface area (Å²) >= 11 is 1.83. The zero-order valence-corrected chi connectivity index (χ0v) is 11.9. The molecule has 0 aliphatic carbocycles. The molecule has 3 nitrogen and oxygen atoms in total. The van der Waals surface area contributed by atoms with Gasteiger partial charge in [0.15, 0.2) is 0 Å². The maximum absolute atomic E-state index is 11.7. The first kappa shape index (κ1) is 14.9. The fraction of sp³-hybridized carbons (Fsp3) is 0.500. The lowest BCUT2D eigenvalue weighted by Gasteiger charge is -2.10. The average molecular weight is 267 g/mol. The Morgan fingerprint density at radius 3 is 2.83 bits per heavy atom. The van der Waals surface area contributed by atoms with Gasteiger partial charge in [-0.2, -0.15) is 11.8 Å². The van der Waals surface area contributed by atoms with Gasteiger partial charge in [-0.1, -0.05) is 31.9 Å². The van der Waals surface area contributed by atoms with Gasteiger partial charge in [-0.15, -0.1) is 0 Å². The highest BCUT2D eigenvalue weighted by Gasteiger charge is 2.14. The second-order valence-electron chi connectivity index (χ2n) is 4.13. The second-order valence-corrected chi connectivity index (χ2v) is 5.24. The SMILES string of the molecule is CCCCCSCc1cccc(N)c1C(=O)OC. The summed E-state index contributed by atoms with van der Waals surface area (Å²) in [7, 11) is 1.38. The summed E-state index contributed by atoms with van der Waals surface area (Å²) in [5.41, 5.74) is 7.81. The monoisotopic (exact) mass is 267 g/mol. The number of thioether (sulfide) groups is 1. The van der Waals surface area contributed by atoms with Crippen molar-refractivity contribution in [1.82, 2.24) is 0 Å². The van der Waals surface area contributed by atoms with Crippen molar-refractivity contribution in [2.75, 3.05) is 18.6 Å². The number of carbonyl (C=O) groups is 1. The summed E-state index contributed by atoms with van der Waals surface area (Å²) < 4.78 is 4.77. The molecule has 0 spiro atoms. The highest BCUT2D eigenvalue weighted by atomic mass is 32.2. The third-order valence-corrected chi connectivity index (χ3v) is 3.81. The summed E-state index contributed by atoms with van der Waals surface area (Å²) in [6.45, 7) is 2.19. The van der Waals surface area contributed by atoms with Crippen molar-refractivity contribution >= 4 is 23.4 Å². The minimum atomic E-state index is -0.350. The first-order chi connectivity index (χ1) is 8.70. The topological polar surface area (TPSA) is 52.3 Å². The molecule has 0 heterocycles. The number of carbonyl (C=O) groups excluding carboxylic acids is 1. The molecule has 0 bridgehead atoms. The van der Waals surface area contributed by atoms with Crippen LogP contribution in [-0.2, 0) is 10.5 Å². The lowest BCUT2D eigenvalue weighted by Crippen LogP contribution is -2.09. The number of unbranched alkanes of at least 4 members (excludes halogenated alkanes) is 2. The zero-order valence-electron chi connectivity index (χ0n) is 11.1. The third-order valence-electron chi connectivity index (χ3n) is 2.72. The molecule has 1 rings (SSSR count). The Labute approximate surface area is 113 Å². The lowest BCUT2D eigenvalue weighted by atomic mass is 10.1. The van der Waals surface area contributed by atoms with E-state index in [9.17, 15) is 4.79 Å². The average Bonchev–Trinajstić information content (AvgIpc) is 2.38. The molecule has 0 radical (unpaired) electrons. The first-order valence-corrected chi connectivity index (χ1v) is 7.39. The van der Waals surface area contributed by atoms with Gasteiger partial charge < -0.3 is 10.5 Å². The minimum Gasteiger partial charge on any atom is -0.465 e. The van der Waals surface area contributed by atoms with Gasteiger partial charge in [-0.05, 0) is 23.8 Å². The van der Waals surface area contributed by atoms with Crippen LogP contribution in [0.15, 0.2) is 18.2 Å². The number of hydrogen-bond acceptors (Lipinski definition) is 4. The van der Waals surface area contributed by atoms with Crippen LogP contribution in [0.4, 0.5) is 5.69 Å². The van der Waals surface area contributed by atoms with Gasteiger partial charge in [0.2, 0.25) is 0 Å². The van der Waals surface area contributed by atoms with E-state index in [2.05, 4.69) is 6.92 Å². The highest BCUT2D eigenvalue weighted by molar-refractivity contribution is 7.98. The predicted molar refractivity (Wildman–Crippen MR) is 77.9 cm³/mol. The molecule has 18 heavy (non-hydrogen) atoms. The summed E-state index contributed by atoms with van der Waals surface area (Å²) in [4.78, 5) is 11.7. The Morgan fingerprint density at radius 1 is 1.39 bits per heavy atom. The number of nitrogens with two attached hydrogens (primary N) is 1. The summed E-state index contributed by atoms with van der Waals surface area (Å²) in [5.74, 6) is 1.57. The van der Waals surface area contributed by atoms with E-state index in [0.29, 0.717) is 11.3 Å². The van der Waals surface area contributed by atoms with Crippen molar-refractivity contribution in [1.29, 1.82) is 0 Å². The van der Waals surface area contributed by atoms with Crippen LogP contribution in [0.25, 0.3) is 0 Å². The van der Waals surface area contributed by atoms with Crippen LogP contribution in [0.5, 0.6) is 0 Å². The van der Waals surface area contributed by atoms with Crippen LogP contribution >= 0.6 is 11.8 Å². The van der Waals surface area contributed by atoms with Gasteiger partial charge in [0.1, 0.15) is 0 Å². The quantitative estimate of drug-likeness (QED) is 0.467. The maximum Gasteiger partial charge on any atom is 0.340 e. The molecule has 1 aromatic rings. The van der Waals surface area contributed by atoms with Gasteiger partial charge in [0, 0.05) is 11.4 Å². The van der Waals surface area contributed by atoms with Crippen molar-refractivity contribution in [2.45, 2.75) is 31.9 Å². The summed E-state index contributed by atoms with van der Waals surface area (Å²) in [6, 6.07) is 5.55. The number of benzene rings is 1. The summed E-state index contributed by atoms with van der Waals surface area (Å²) in [6.07, 6.45) is 3.71. The Morgan fingerprint density at radius 2 is 2.17 bits per heavy atom. The lowest BCUT2D eigenvalue weighted by molar-refractivity contribution is 0.0601. The molecule has 0 amide bonds. The molecular formula is C14H21NO2S. The number of ether oxygens (including phenoxy) is 1. The number of anilines is 1. The smallest absolute Gasteiger partial charge is 0.340 e. The molecule has 0 unspecified atom stereocenters. The first-order valence-electron chi connectivity index (χ1n) is 6.24. The normalized spacial score (nSPS) is 10.3. The van der Waals surface area contributed by atoms with E-state index < -0.39 is 0 Å². The molecule has 4 heteroatoms. The van der Waals surface area contributed by atoms with Gasteiger partial charge in [-0.3, -0.25) is 0 Å². The van der Waals surface area contributed by atoms with E-state index in [-0.39, 0.29) is 5.97 Å². The molecule has 1 aromatic carbocycles.